The van der Waals surface area contributed by atoms with E-state index in [0.29, 0.717) is 17.4 Å². The highest BCUT2D eigenvalue weighted by Gasteiger charge is 2.22. The molecular formula is C12H17N3O2. The lowest BCUT2D eigenvalue weighted by Crippen LogP contribution is -2.36. The van der Waals surface area contributed by atoms with Crippen LogP contribution in [0, 0.1) is 0 Å². The van der Waals surface area contributed by atoms with Crippen molar-refractivity contribution in [1.82, 2.24) is 10.3 Å². The number of carbonyl (C=O) groups excluding carboxylic acids is 1. The Bertz CT molecular complexity index is 402. The van der Waals surface area contributed by atoms with E-state index >= 15 is 0 Å². The van der Waals surface area contributed by atoms with E-state index in [0.717, 1.165) is 13.0 Å². The number of hydrogen-bond acceptors (Lipinski definition) is 4. The summed E-state index contributed by atoms with van der Waals surface area (Å²) < 4.78 is 5.76. The van der Waals surface area contributed by atoms with E-state index in [4.69, 9.17) is 10.5 Å². The topological polar surface area (TPSA) is 77.2 Å². The molecule has 1 aliphatic heterocycles. The lowest BCUT2D eigenvalue weighted by molar-refractivity contribution is 0.0998. The smallest absolute Gasteiger partial charge is 0.250 e. The Morgan fingerprint density at radius 3 is 3.12 bits per heavy atom. The number of primary amides is 1. The van der Waals surface area contributed by atoms with Gasteiger partial charge in [0.2, 0.25) is 5.91 Å². The fraction of sp³-hybridized carbons (Fsp3) is 0.500. The molecule has 5 nitrogen and oxygen atoms in total. The van der Waals surface area contributed by atoms with Gasteiger partial charge in [-0.2, -0.15) is 0 Å². The number of nitrogens with two attached hydrogens (primary N) is 1. The van der Waals surface area contributed by atoms with Gasteiger partial charge < -0.3 is 15.8 Å². The van der Waals surface area contributed by atoms with Gasteiger partial charge in [0, 0.05) is 12.2 Å². The van der Waals surface area contributed by atoms with Crippen LogP contribution < -0.4 is 15.8 Å². The number of carbonyl (C=O) groups is 1. The molecule has 0 radical (unpaired) electrons. The maximum Gasteiger partial charge on any atom is 0.250 e. The Kier molecular flexibility index (Phi) is 3.58. The molecule has 5 heteroatoms. The number of hydrogen-bond donors (Lipinski definition) is 2. The van der Waals surface area contributed by atoms with Crippen molar-refractivity contribution in [3.8, 4) is 5.75 Å². The molecule has 2 heterocycles. The number of amides is 1. The Labute approximate surface area is 100 Å². The lowest BCUT2D eigenvalue weighted by Gasteiger charge is -2.21. The maximum absolute atomic E-state index is 11.0. The molecule has 0 aliphatic carbocycles. The summed E-state index contributed by atoms with van der Waals surface area (Å²) in [4.78, 5) is 14.9. The molecule has 0 bridgehead atoms. The first-order valence-corrected chi connectivity index (χ1v) is 5.81. The molecule has 1 amide bonds. The van der Waals surface area contributed by atoms with E-state index < -0.39 is 5.91 Å². The number of rotatable bonds is 4. The van der Waals surface area contributed by atoms with Gasteiger partial charge in [-0.15, -0.1) is 0 Å². The lowest BCUT2D eigenvalue weighted by atomic mass is 10.1. The molecule has 1 fully saturated rings. The van der Waals surface area contributed by atoms with Crippen molar-refractivity contribution < 1.29 is 9.53 Å². The number of nitrogens with zero attached hydrogens (tertiary/aromatic N) is 1. The largest absolute Gasteiger partial charge is 0.487 e. The summed E-state index contributed by atoms with van der Waals surface area (Å²) in [6, 6.07) is 1.99. The third kappa shape index (κ3) is 2.94. The molecule has 2 atom stereocenters. The Hall–Kier alpha value is -1.62. The third-order valence-corrected chi connectivity index (χ3v) is 2.98. The van der Waals surface area contributed by atoms with Gasteiger partial charge in [0.05, 0.1) is 11.8 Å². The van der Waals surface area contributed by atoms with Crippen molar-refractivity contribution in [2.24, 2.45) is 5.73 Å². The van der Waals surface area contributed by atoms with E-state index in [9.17, 15) is 4.79 Å². The second-order valence-corrected chi connectivity index (χ2v) is 4.30. The van der Waals surface area contributed by atoms with Crippen LogP contribution in [0.15, 0.2) is 18.5 Å². The summed E-state index contributed by atoms with van der Waals surface area (Å²) in [6.07, 6.45) is 5.38. The van der Waals surface area contributed by atoms with Crippen LogP contribution in [0.3, 0.4) is 0 Å². The highest BCUT2D eigenvalue weighted by Crippen LogP contribution is 2.17. The van der Waals surface area contributed by atoms with E-state index in [1.54, 1.807) is 12.3 Å². The Morgan fingerprint density at radius 1 is 1.65 bits per heavy atom. The van der Waals surface area contributed by atoms with Crippen LogP contribution in [-0.4, -0.2) is 29.6 Å². The summed E-state index contributed by atoms with van der Waals surface area (Å²) in [7, 11) is 0. The highest BCUT2D eigenvalue weighted by molar-refractivity contribution is 5.92. The predicted octanol–water partition coefficient (Wildman–Crippen LogP) is 0.700. The molecule has 3 N–H and O–H groups in total. The van der Waals surface area contributed by atoms with Crippen LogP contribution in [-0.2, 0) is 0 Å². The standard InChI is InChI=1S/C12H17N3O2/c1-8(11-3-2-4-15-11)17-10-5-9(12(13)16)6-14-7-10/h5-8,11,15H,2-4H2,1H3,(H2,13,16)/t8?,11-/m0/s1. The molecular weight excluding hydrogens is 218 g/mol. The minimum atomic E-state index is -0.491. The van der Waals surface area contributed by atoms with Crippen LogP contribution in [0.2, 0.25) is 0 Å². The molecule has 0 saturated carbocycles. The van der Waals surface area contributed by atoms with Crippen molar-refractivity contribution >= 4 is 5.91 Å². The maximum atomic E-state index is 11.0. The van der Waals surface area contributed by atoms with Crippen LogP contribution >= 0.6 is 0 Å². The average Bonchev–Trinajstić information content (AvgIpc) is 2.82. The van der Waals surface area contributed by atoms with Gasteiger partial charge in [-0.25, -0.2) is 0 Å². The number of aromatic nitrogens is 1. The SMILES string of the molecule is CC(Oc1cncc(C(N)=O)c1)[C@@H]1CCCN1. The van der Waals surface area contributed by atoms with E-state index in [2.05, 4.69) is 10.3 Å². The Balaban J connectivity index is 2.02. The molecule has 92 valence electrons. The fourth-order valence-electron chi connectivity index (χ4n) is 2.03. The Morgan fingerprint density at radius 2 is 2.47 bits per heavy atom. The van der Waals surface area contributed by atoms with Crippen LogP contribution in [0.5, 0.6) is 5.75 Å². The molecule has 1 saturated heterocycles. The molecule has 0 aromatic carbocycles. The normalized spacial score (nSPS) is 21.1. The first-order chi connectivity index (χ1) is 8.16. The summed E-state index contributed by atoms with van der Waals surface area (Å²) >= 11 is 0. The van der Waals surface area contributed by atoms with Crippen molar-refractivity contribution in [3.05, 3.63) is 24.0 Å². The first kappa shape index (κ1) is 11.9. The first-order valence-electron chi connectivity index (χ1n) is 5.81. The highest BCUT2D eigenvalue weighted by atomic mass is 16.5. The summed E-state index contributed by atoms with van der Waals surface area (Å²) in [5.41, 5.74) is 5.56. The minimum Gasteiger partial charge on any atom is -0.487 e. The predicted molar refractivity (Wildman–Crippen MR) is 63.9 cm³/mol. The van der Waals surface area contributed by atoms with Crippen molar-refractivity contribution in [1.29, 1.82) is 0 Å². The van der Waals surface area contributed by atoms with Crippen molar-refractivity contribution in [2.45, 2.75) is 31.9 Å². The number of pyridine rings is 1. The van der Waals surface area contributed by atoms with Gasteiger partial charge in [0.25, 0.3) is 0 Å². The zero-order valence-electron chi connectivity index (χ0n) is 9.85. The summed E-state index contributed by atoms with van der Waals surface area (Å²) in [5.74, 6) is 0.0945. The average molecular weight is 235 g/mol. The summed E-state index contributed by atoms with van der Waals surface area (Å²) in [5, 5.41) is 3.38. The molecule has 1 aromatic heterocycles. The van der Waals surface area contributed by atoms with Crippen molar-refractivity contribution in [2.75, 3.05) is 6.54 Å². The zero-order chi connectivity index (χ0) is 12.3. The molecule has 1 unspecified atom stereocenters. The van der Waals surface area contributed by atoms with Gasteiger partial charge in [0.15, 0.2) is 0 Å². The van der Waals surface area contributed by atoms with Gasteiger partial charge in [0.1, 0.15) is 11.9 Å². The minimum absolute atomic E-state index is 0.0578. The van der Waals surface area contributed by atoms with Gasteiger partial charge in [-0.05, 0) is 32.4 Å². The monoisotopic (exact) mass is 235 g/mol. The number of nitrogens with one attached hydrogen (secondary N) is 1. The van der Waals surface area contributed by atoms with Gasteiger partial charge >= 0.3 is 0 Å². The van der Waals surface area contributed by atoms with Crippen molar-refractivity contribution in [3.63, 3.8) is 0 Å². The molecule has 1 aliphatic rings. The fourth-order valence-corrected chi connectivity index (χ4v) is 2.03. The zero-order valence-corrected chi connectivity index (χ0v) is 9.85. The number of ether oxygens (including phenoxy) is 1. The summed E-state index contributed by atoms with van der Waals surface area (Å²) in [6.45, 7) is 3.05. The van der Waals surface area contributed by atoms with Crippen LogP contribution in [0.4, 0.5) is 0 Å². The van der Waals surface area contributed by atoms with Gasteiger partial charge in [-0.3, -0.25) is 9.78 Å². The molecule has 0 spiro atoms. The quantitative estimate of drug-likeness (QED) is 0.805. The van der Waals surface area contributed by atoms with Crippen LogP contribution in [0.1, 0.15) is 30.1 Å². The second-order valence-electron chi connectivity index (χ2n) is 4.30. The molecule has 17 heavy (non-hydrogen) atoms. The van der Waals surface area contributed by atoms with Gasteiger partial charge in [-0.1, -0.05) is 0 Å². The molecule has 2 rings (SSSR count). The van der Waals surface area contributed by atoms with E-state index in [1.165, 1.54) is 12.6 Å². The van der Waals surface area contributed by atoms with E-state index in [-0.39, 0.29) is 6.10 Å². The third-order valence-electron chi connectivity index (χ3n) is 2.98. The van der Waals surface area contributed by atoms with Crippen LogP contribution in [0.25, 0.3) is 0 Å². The van der Waals surface area contributed by atoms with E-state index in [1.807, 2.05) is 6.92 Å². The molecule has 1 aromatic rings. The second kappa shape index (κ2) is 5.14.